The molecule has 2 aromatic carbocycles. The van der Waals surface area contributed by atoms with Crippen molar-refractivity contribution in [2.75, 3.05) is 5.32 Å². The maximum absolute atomic E-state index is 12.9. The zero-order valence-corrected chi connectivity index (χ0v) is 14.4. The molecule has 1 heterocycles. The van der Waals surface area contributed by atoms with Crippen LogP contribution in [0, 0.1) is 12.7 Å². The first kappa shape index (κ1) is 17.5. The molecule has 0 saturated heterocycles. The lowest BCUT2D eigenvalue weighted by Gasteiger charge is -2.07. The first-order valence-electron chi connectivity index (χ1n) is 8.26. The molecule has 0 unspecified atom stereocenters. The van der Waals surface area contributed by atoms with Crippen LogP contribution >= 0.6 is 0 Å². The Balaban J connectivity index is 1.52. The molecule has 132 valence electrons. The molecule has 0 aliphatic carbocycles. The highest BCUT2D eigenvalue weighted by Gasteiger charge is 2.08. The van der Waals surface area contributed by atoms with Crippen molar-refractivity contribution in [3.05, 3.63) is 88.9 Å². The van der Waals surface area contributed by atoms with Crippen molar-refractivity contribution in [1.29, 1.82) is 0 Å². The maximum atomic E-state index is 12.9. The topological polar surface area (TPSA) is 66.9 Å². The van der Waals surface area contributed by atoms with Gasteiger partial charge in [-0.05, 0) is 42.3 Å². The molecule has 0 radical (unpaired) electrons. The van der Waals surface area contributed by atoms with E-state index < -0.39 is 0 Å². The minimum atomic E-state index is -0.327. The van der Waals surface area contributed by atoms with Crippen LogP contribution in [0.3, 0.4) is 0 Å². The van der Waals surface area contributed by atoms with E-state index in [1.807, 2.05) is 19.1 Å². The summed E-state index contributed by atoms with van der Waals surface area (Å²) in [6.45, 7) is 2.97. The van der Waals surface area contributed by atoms with Crippen molar-refractivity contribution in [3.63, 3.8) is 0 Å². The third-order valence-electron chi connectivity index (χ3n) is 3.86. The summed E-state index contributed by atoms with van der Waals surface area (Å²) in [5.74, 6) is -0.0350. The van der Waals surface area contributed by atoms with Crippen LogP contribution in [-0.4, -0.2) is 16.1 Å². The summed E-state index contributed by atoms with van der Waals surface area (Å²) < 4.78 is 12.9. The monoisotopic (exact) mass is 350 g/mol. The van der Waals surface area contributed by atoms with Crippen LogP contribution in [0.15, 0.2) is 60.7 Å². The number of rotatable bonds is 6. The summed E-state index contributed by atoms with van der Waals surface area (Å²) >= 11 is 0. The Morgan fingerprint density at radius 2 is 1.54 bits per heavy atom. The Kier molecular flexibility index (Phi) is 5.53. The summed E-state index contributed by atoms with van der Waals surface area (Å²) in [6, 6.07) is 17.5. The molecule has 3 aromatic rings. The molecule has 2 N–H and O–H groups in total. The Morgan fingerprint density at radius 1 is 0.885 bits per heavy atom. The minimum Gasteiger partial charge on any atom is -0.365 e. The zero-order valence-electron chi connectivity index (χ0n) is 14.4. The van der Waals surface area contributed by atoms with Gasteiger partial charge in [-0.3, -0.25) is 4.79 Å². The SMILES string of the molecule is Cc1ccc(CNc2ccc(C(=O)NCc3ccc(F)cc3)nn2)cc1. The van der Waals surface area contributed by atoms with E-state index in [4.69, 9.17) is 0 Å². The van der Waals surface area contributed by atoms with Crippen LogP contribution in [0.1, 0.15) is 27.2 Å². The molecular weight excluding hydrogens is 331 g/mol. The second-order valence-electron chi connectivity index (χ2n) is 5.95. The first-order valence-corrected chi connectivity index (χ1v) is 8.26. The third kappa shape index (κ3) is 4.86. The Bertz CT molecular complexity index is 862. The van der Waals surface area contributed by atoms with Crippen LogP contribution in [0.4, 0.5) is 10.2 Å². The highest BCUT2D eigenvalue weighted by molar-refractivity contribution is 5.92. The molecule has 26 heavy (non-hydrogen) atoms. The molecule has 0 atom stereocenters. The van der Waals surface area contributed by atoms with Gasteiger partial charge in [-0.1, -0.05) is 42.0 Å². The molecule has 0 saturated carbocycles. The van der Waals surface area contributed by atoms with Gasteiger partial charge >= 0.3 is 0 Å². The zero-order chi connectivity index (χ0) is 18.4. The number of carbonyl (C=O) groups is 1. The minimum absolute atomic E-state index is 0.230. The van der Waals surface area contributed by atoms with Gasteiger partial charge in [-0.25, -0.2) is 4.39 Å². The number of nitrogens with zero attached hydrogens (tertiary/aromatic N) is 2. The Labute approximate surface area is 151 Å². The maximum Gasteiger partial charge on any atom is 0.272 e. The number of aromatic nitrogens is 2. The molecule has 0 fully saturated rings. The van der Waals surface area contributed by atoms with Gasteiger partial charge in [-0.2, -0.15) is 0 Å². The van der Waals surface area contributed by atoms with Crippen LogP contribution < -0.4 is 10.6 Å². The van der Waals surface area contributed by atoms with Crippen LogP contribution in [0.2, 0.25) is 0 Å². The fourth-order valence-corrected chi connectivity index (χ4v) is 2.32. The number of hydrogen-bond donors (Lipinski definition) is 2. The Hall–Kier alpha value is -3.28. The van der Waals surface area contributed by atoms with Crippen molar-refractivity contribution in [2.45, 2.75) is 20.0 Å². The quantitative estimate of drug-likeness (QED) is 0.714. The van der Waals surface area contributed by atoms with E-state index in [-0.39, 0.29) is 17.4 Å². The number of anilines is 1. The van der Waals surface area contributed by atoms with Gasteiger partial charge < -0.3 is 10.6 Å². The summed E-state index contributed by atoms with van der Waals surface area (Å²) in [6.07, 6.45) is 0. The second-order valence-corrected chi connectivity index (χ2v) is 5.95. The van der Waals surface area contributed by atoms with Crippen molar-refractivity contribution in [2.24, 2.45) is 0 Å². The summed E-state index contributed by atoms with van der Waals surface area (Å²) in [4.78, 5) is 12.1. The predicted octanol–water partition coefficient (Wildman–Crippen LogP) is 3.47. The number of aryl methyl sites for hydroxylation is 1. The van der Waals surface area contributed by atoms with Crippen LogP contribution in [0.25, 0.3) is 0 Å². The van der Waals surface area contributed by atoms with E-state index >= 15 is 0 Å². The molecule has 5 nitrogen and oxygen atoms in total. The van der Waals surface area contributed by atoms with Crippen molar-refractivity contribution in [1.82, 2.24) is 15.5 Å². The molecular formula is C20H19FN4O. The van der Waals surface area contributed by atoms with Crippen molar-refractivity contribution >= 4 is 11.7 Å². The molecule has 0 bridgehead atoms. The van der Waals surface area contributed by atoms with Gasteiger partial charge in [-0.15, -0.1) is 10.2 Å². The highest BCUT2D eigenvalue weighted by atomic mass is 19.1. The lowest BCUT2D eigenvalue weighted by molar-refractivity contribution is 0.0945. The van der Waals surface area contributed by atoms with E-state index in [2.05, 4.69) is 33.0 Å². The standard InChI is InChI=1S/C20H19FN4O/c1-14-2-4-15(5-3-14)12-22-19-11-10-18(24-25-19)20(26)23-13-16-6-8-17(21)9-7-16/h2-11H,12-13H2,1H3,(H,22,25)(H,23,26). The average Bonchev–Trinajstić information content (AvgIpc) is 2.67. The number of benzene rings is 2. The normalized spacial score (nSPS) is 10.4. The van der Waals surface area contributed by atoms with Gasteiger partial charge in [0.15, 0.2) is 5.69 Å². The third-order valence-corrected chi connectivity index (χ3v) is 3.86. The van der Waals surface area contributed by atoms with E-state index in [0.717, 1.165) is 11.1 Å². The highest BCUT2D eigenvalue weighted by Crippen LogP contribution is 2.08. The predicted molar refractivity (Wildman–Crippen MR) is 98.1 cm³/mol. The van der Waals surface area contributed by atoms with Gasteiger partial charge in [0.05, 0.1) is 0 Å². The van der Waals surface area contributed by atoms with Crippen molar-refractivity contribution < 1.29 is 9.18 Å². The van der Waals surface area contributed by atoms with E-state index in [1.165, 1.54) is 17.7 Å². The molecule has 6 heteroatoms. The molecule has 0 spiro atoms. The van der Waals surface area contributed by atoms with Crippen LogP contribution in [-0.2, 0) is 13.1 Å². The first-order chi connectivity index (χ1) is 12.6. The lowest BCUT2D eigenvalue weighted by Crippen LogP contribution is -2.24. The number of hydrogen-bond acceptors (Lipinski definition) is 4. The number of nitrogens with one attached hydrogen (secondary N) is 2. The van der Waals surface area contributed by atoms with Gasteiger partial charge in [0.25, 0.3) is 5.91 Å². The van der Waals surface area contributed by atoms with Gasteiger partial charge in [0.1, 0.15) is 11.6 Å². The Morgan fingerprint density at radius 3 is 2.19 bits per heavy atom. The van der Waals surface area contributed by atoms with E-state index in [9.17, 15) is 9.18 Å². The van der Waals surface area contributed by atoms with Crippen molar-refractivity contribution in [3.8, 4) is 0 Å². The van der Waals surface area contributed by atoms with Gasteiger partial charge in [0, 0.05) is 13.1 Å². The fraction of sp³-hybridized carbons (Fsp3) is 0.150. The summed E-state index contributed by atoms with van der Waals surface area (Å²) in [5.41, 5.74) is 3.39. The summed E-state index contributed by atoms with van der Waals surface area (Å²) in [5, 5.41) is 13.9. The van der Waals surface area contributed by atoms with Gasteiger partial charge in [0.2, 0.25) is 0 Å². The lowest BCUT2D eigenvalue weighted by atomic mass is 10.1. The number of carbonyl (C=O) groups excluding carboxylic acids is 1. The smallest absolute Gasteiger partial charge is 0.272 e. The van der Waals surface area contributed by atoms with Crippen LogP contribution in [0.5, 0.6) is 0 Å². The molecule has 1 amide bonds. The fourth-order valence-electron chi connectivity index (χ4n) is 2.32. The number of amides is 1. The summed E-state index contributed by atoms with van der Waals surface area (Å²) in [7, 11) is 0. The molecule has 0 aliphatic rings. The number of halogens is 1. The second kappa shape index (κ2) is 8.20. The average molecular weight is 350 g/mol. The van der Waals surface area contributed by atoms with E-state index in [1.54, 1.807) is 24.3 Å². The molecule has 1 aromatic heterocycles. The largest absolute Gasteiger partial charge is 0.365 e. The van der Waals surface area contributed by atoms with E-state index in [0.29, 0.717) is 18.9 Å². The molecule has 0 aliphatic heterocycles. The molecule has 3 rings (SSSR count).